The number of fused-ring (bicyclic) bond motifs is 3. The Bertz CT molecular complexity index is 2000. The third kappa shape index (κ3) is 6.95. The number of benzene rings is 4. The van der Waals surface area contributed by atoms with Crippen LogP contribution >= 0.6 is 7.15 Å². The molecule has 12 nitrogen and oxygen atoms in total. The Kier molecular flexibility index (Phi) is 9.83. The van der Waals surface area contributed by atoms with Crippen molar-refractivity contribution >= 4 is 36.8 Å². The topological polar surface area (TPSA) is 154 Å². The lowest BCUT2D eigenvalue weighted by atomic mass is 9.98. The maximum absolute atomic E-state index is 13.4. The van der Waals surface area contributed by atoms with Crippen LogP contribution in [0.1, 0.15) is 54.6 Å². The van der Waals surface area contributed by atoms with Gasteiger partial charge in [-0.1, -0.05) is 84.9 Å². The summed E-state index contributed by atoms with van der Waals surface area (Å²) in [6, 6.07) is 33.0. The van der Waals surface area contributed by atoms with Gasteiger partial charge in [0.05, 0.1) is 11.1 Å². The number of aromatic nitrogens is 3. The van der Waals surface area contributed by atoms with Crippen molar-refractivity contribution in [2.75, 3.05) is 13.2 Å². The van der Waals surface area contributed by atoms with E-state index in [4.69, 9.17) is 40.8 Å². The number of esters is 2. The second-order valence-electron chi connectivity index (χ2n) is 11.5. The lowest BCUT2D eigenvalue weighted by molar-refractivity contribution is -0.0617. The van der Waals surface area contributed by atoms with Crippen molar-refractivity contribution in [3.05, 3.63) is 144 Å². The maximum Gasteiger partial charge on any atom is 0.521 e. The zero-order chi connectivity index (χ0) is 34.6. The highest BCUT2D eigenvalue weighted by atomic mass is 32.4. The minimum atomic E-state index is -1.86. The average Bonchev–Trinajstić information content (AvgIpc) is 3.86. The van der Waals surface area contributed by atoms with Gasteiger partial charge in [0.2, 0.25) is 17.6 Å². The van der Waals surface area contributed by atoms with E-state index >= 15 is 0 Å². The number of primary amides is 1. The Balaban J connectivity index is 1.12. The fourth-order valence-corrected chi connectivity index (χ4v) is 7.09. The van der Waals surface area contributed by atoms with E-state index in [1.165, 1.54) is 11.0 Å². The first kappa shape index (κ1) is 33.3. The van der Waals surface area contributed by atoms with Crippen LogP contribution in [-0.4, -0.2) is 64.1 Å². The maximum atomic E-state index is 13.4. The average molecular weight is 710 g/mol. The summed E-state index contributed by atoms with van der Waals surface area (Å²) < 4.78 is 31.5. The van der Waals surface area contributed by atoms with Crippen molar-refractivity contribution < 1.29 is 37.6 Å². The molecule has 2 heterocycles. The van der Waals surface area contributed by atoms with Crippen LogP contribution < -0.4 is 5.73 Å². The van der Waals surface area contributed by atoms with E-state index < -0.39 is 49.5 Å². The largest absolute Gasteiger partial charge is 0.521 e. The number of nitrogens with two attached hydrogens (primary N) is 1. The van der Waals surface area contributed by atoms with Crippen LogP contribution in [0.15, 0.2) is 116 Å². The van der Waals surface area contributed by atoms with Crippen molar-refractivity contribution in [1.82, 2.24) is 14.8 Å². The number of carbonyl (C=O) groups excluding carboxylic acids is 3. The molecule has 0 spiro atoms. The van der Waals surface area contributed by atoms with Gasteiger partial charge in [-0.15, -0.1) is 14.1 Å². The molecule has 1 aliphatic heterocycles. The third-order valence-corrected chi connectivity index (χ3v) is 9.79. The van der Waals surface area contributed by atoms with Crippen molar-refractivity contribution in [1.29, 1.82) is 0 Å². The summed E-state index contributed by atoms with van der Waals surface area (Å²) in [7, 11) is -1.86. The Morgan fingerprint density at radius 1 is 0.740 bits per heavy atom. The van der Waals surface area contributed by atoms with Crippen LogP contribution in [0.4, 0.5) is 0 Å². The molecule has 1 fully saturated rings. The van der Waals surface area contributed by atoms with E-state index in [-0.39, 0.29) is 36.1 Å². The Morgan fingerprint density at radius 2 is 1.26 bits per heavy atom. The van der Waals surface area contributed by atoms with E-state index in [9.17, 15) is 14.4 Å². The standard InChI is InChI=1S/C36H29N4O8PS/c37-32(41)33-38-21-40(39-33)34-31(48-36(43)23-13-5-2-6-14-23)30(47-35(42)22-11-3-1-4-12-22)29(46-34)20-45-49(50)44-19-28-26-17-9-7-15-24(26)25-16-8-10-18-27(25)28/h1-18,21,28-31,34H,19-20H2,(H-,37,41)/p+1/t29-,30-,31?,34-/m1/s1. The van der Waals surface area contributed by atoms with Gasteiger partial charge in [0.25, 0.3) is 5.91 Å². The van der Waals surface area contributed by atoms with Gasteiger partial charge in [0, 0.05) is 5.92 Å². The first-order valence-corrected chi connectivity index (χ1v) is 17.9. The van der Waals surface area contributed by atoms with Gasteiger partial charge in [-0.25, -0.2) is 19.3 Å². The molecule has 252 valence electrons. The highest BCUT2D eigenvalue weighted by Gasteiger charge is 2.52. The van der Waals surface area contributed by atoms with Gasteiger partial charge in [-0.05, 0) is 46.5 Å². The van der Waals surface area contributed by atoms with E-state index in [1.54, 1.807) is 60.7 Å². The molecule has 50 heavy (non-hydrogen) atoms. The molecular formula is C36H30N4O8PS+. The SMILES string of the molecule is NC(=O)c1ncn([C@@H]2O[C@H](CO[P+](=S)OCC3c4ccccc4-c4ccccc43)[C@@H](OC(=O)c3ccccc3)C2OC(=O)c2ccccc2)n1. The first-order valence-electron chi connectivity index (χ1n) is 15.7. The van der Waals surface area contributed by atoms with Crippen molar-refractivity contribution in [3.8, 4) is 11.1 Å². The fraction of sp³-hybridized carbons (Fsp3) is 0.194. The highest BCUT2D eigenvalue weighted by molar-refractivity contribution is 8.00. The first-order chi connectivity index (χ1) is 24.4. The van der Waals surface area contributed by atoms with Crippen molar-refractivity contribution in [3.63, 3.8) is 0 Å². The normalized spacial score (nSPS) is 19.7. The Labute approximate surface area is 292 Å². The molecule has 4 aromatic carbocycles. The van der Waals surface area contributed by atoms with E-state index in [1.807, 2.05) is 24.3 Å². The summed E-state index contributed by atoms with van der Waals surface area (Å²) in [5, 5.41) is 4.13. The quantitative estimate of drug-likeness (QED) is 0.132. The molecule has 0 bridgehead atoms. The summed E-state index contributed by atoms with van der Waals surface area (Å²) in [5.41, 5.74) is 10.5. The zero-order valence-corrected chi connectivity index (χ0v) is 28.0. The summed E-state index contributed by atoms with van der Waals surface area (Å²) in [4.78, 5) is 42.5. The monoisotopic (exact) mass is 709 g/mol. The van der Waals surface area contributed by atoms with Gasteiger partial charge < -0.3 is 19.9 Å². The number of nitrogens with zero attached hydrogens (tertiary/aromatic N) is 3. The van der Waals surface area contributed by atoms with Gasteiger partial charge in [-0.2, -0.15) is 0 Å². The molecule has 7 rings (SSSR count). The number of hydrogen-bond acceptors (Lipinski definition) is 11. The minimum Gasteiger partial charge on any atom is -0.452 e. The fourth-order valence-electron chi connectivity index (χ4n) is 6.11. The number of hydrogen-bond donors (Lipinski definition) is 1. The lowest BCUT2D eigenvalue weighted by Crippen LogP contribution is -2.41. The molecule has 2 aliphatic rings. The number of ether oxygens (including phenoxy) is 3. The molecule has 2 N–H and O–H groups in total. The van der Waals surface area contributed by atoms with E-state index in [2.05, 4.69) is 34.3 Å². The summed E-state index contributed by atoms with van der Waals surface area (Å²) in [5.74, 6) is -2.56. The predicted molar refractivity (Wildman–Crippen MR) is 184 cm³/mol. The lowest BCUT2D eigenvalue weighted by Gasteiger charge is -2.24. The minimum absolute atomic E-state index is 0.0285. The Hall–Kier alpha value is -5.17. The van der Waals surface area contributed by atoms with Gasteiger partial charge in [0.15, 0.2) is 18.4 Å². The second-order valence-corrected chi connectivity index (χ2v) is 13.3. The van der Waals surface area contributed by atoms with Crippen LogP contribution in [0.5, 0.6) is 0 Å². The number of amides is 1. The van der Waals surface area contributed by atoms with Crippen molar-refractivity contribution in [2.45, 2.75) is 30.5 Å². The highest BCUT2D eigenvalue weighted by Crippen LogP contribution is 2.46. The van der Waals surface area contributed by atoms with E-state index in [0.29, 0.717) is 0 Å². The summed E-state index contributed by atoms with van der Waals surface area (Å²) in [6.45, 7) is 0.100. The van der Waals surface area contributed by atoms with Crippen molar-refractivity contribution in [2.24, 2.45) is 5.73 Å². The molecule has 5 aromatic rings. The molecule has 0 radical (unpaired) electrons. The van der Waals surface area contributed by atoms with Gasteiger partial charge in [-0.3, -0.25) is 4.79 Å². The smallest absolute Gasteiger partial charge is 0.452 e. The predicted octanol–water partition coefficient (Wildman–Crippen LogP) is 5.35. The van der Waals surface area contributed by atoms with Gasteiger partial charge in [0.1, 0.15) is 25.6 Å². The molecule has 0 saturated carbocycles. The third-order valence-electron chi connectivity index (χ3n) is 8.43. The molecule has 5 atom stereocenters. The molecule has 1 saturated heterocycles. The molecule has 2 unspecified atom stereocenters. The van der Waals surface area contributed by atoms with Crippen LogP contribution in [-0.2, 0) is 35.1 Å². The van der Waals surface area contributed by atoms with Crippen LogP contribution in [0.3, 0.4) is 0 Å². The second kappa shape index (κ2) is 14.8. The van der Waals surface area contributed by atoms with Crippen LogP contribution in [0.2, 0.25) is 0 Å². The number of carbonyl (C=O) groups is 3. The number of rotatable bonds is 12. The molecule has 1 aromatic heterocycles. The molecule has 1 amide bonds. The van der Waals surface area contributed by atoms with Gasteiger partial charge >= 0.3 is 19.1 Å². The summed E-state index contributed by atoms with van der Waals surface area (Å²) in [6.07, 6.45) is -3.43. The molecule has 1 aliphatic carbocycles. The molecule has 14 heteroatoms. The summed E-state index contributed by atoms with van der Waals surface area (Å²) >= 11 is 5.62. The molecular weight excluding hydrogens is 679 g/mol. The van der Waals surface area contributed by atoms with Crippen LogP contribution in [0, 0.1) is 0 Å². The van der Waals surface area contributed by atoms with E-state index in [0.717, 1.165) is 22.3 Å². The zero-order valence-electron chi connectivity index (χ0n) is 26.3. The van der Waals surface area contributed by atoms with Crippen LogP contribution in [0.25, 0.3) is 11.1 Å². The Morgan fingerprint density at radius 3 is 1.82 bits per heavy atom.